The number of rotatable bonds is 1. The number of furan rings is 1. The van der Waals surface area contributed by atoms with Crippen LogP contribution < -0.4 is 10.6 Å². The maximum absolute atomic E-state index is 12.3. The minimum atomic E-state index is -0.255. The van der Waals surface area contributed by atoms with Crippen molar-refractivity contribution in [3.63, 3.8) is 0 Å². The van der Waals surface area contributed by atoms with E-state index >= 15 is 0 Å². The zero-order chi connectivity index (χ0) is 12.8. The summed E-state index contributed by atoms with van der Waals surface area (Å²) in [5.74, 6) is 0.764. The summed E-state index contributed by atoms with van der Waals surface area (Å²) in [6, 6.07) is 3.70. The molecule has 19 heavy (non-hydrogen) atoms. The molecular weight excluding hydrogens is 260 g/mol. The van der Waals surface area contributed by atoms with Crippen LogP contribution in [0.4, 0.5) is 5.00 Å². The predicted octanol–water partition coefficient (Wildman–Crippen LogP) is 3.07. The fourth-order valence-corrected chi connectivity index (χ4v) is 4.19. The molecule has 1 amide bonds. The van der Waals surface area contributed by atoms with Gasteiger partial charge in [0.25, 0.3) is 5.91 Å². The standard InChI is InChI=1S/C14H14N2O2S/c17-13-11-8-4-1-2-6-10(8)19-14(11)16-12(15-13)9-5-3-7-18-9/h3,5,7,12,16H,1-2,4,6H2,(H,15,17)/t12-/m0/s1. The third-order valence-corrected chi connectivity index (χ3v) is 5.00. The van der Waals surface area contributed by atoms with Crippen LogP contribution in [0.25, 0.3) is 0 Å². The van der Waals surface area contributed by atoms with Gasteiger partial charge in [0.2, 0.25) is 0 Å². The minimum absolute atomic E-state index is 0.0227. The second kappa shape index (κ2) is 4.13. The van der Waals surface area contributed by atoms with E-state index in [1.807, 2.05) is 12.1 Å². The summed E-state index contributed by atoms with van der Waals surface area (Å²) in [6.07, 6.45) is 5.92. The zero-order valence-electron chi connectivity index (χ0n) is 10.4. The van der Waals surface area contributed by atoms with E-state index in [1.165, 1.54) is 23.3 Å². The second-order valence-corrected chi connectivity index (χ2v) is 6.09. The van der Waals surface area contributed by atoms with Crippen molar-refractivity contribution >= 4 is 22.2 Å². The summed E-state index contributed by atoms with van der Waals surface area (Å²) >= 11 is 1.73. The van der Waals surface area contributed by atoms with E-state index in [1.54, 1.807) is 17.6 Å². The van der Waals surface area contributed by atoms with Gasteiger partial charge in [-0.05, 0) is 43.4 Å². The minimum Gasteiger partial charge on any atom is -0.465 e. The molecule has 1 aliphatic heterocycles. The Balaban J connectivity index is 1.75. The highest BCUT2D eigenvalue weighted by molar-refractivity contribution is 7.16. The average molecular weight is 274 g/mol. The number of hydrogen-bond donors (Lipinski definition) is 2. The van der Waals surface area contributed by atoms with E-state index in [9.17, 15) is 4.79 Å². The van der Waals surface area contributed by atoms with Gasteiger partial charge in [-0.2, -0.15) is 0 Å². The third-order valence-electron chi connectivity index (χ3n) is 3.78. The molecule has 2 aromatic rings. The van der Waals surface area contributed by atoms with Gasteiger partial charge in [0.1, 0.15) is 10.8 Å². The molecule has 0 spiro atoms. The molecule has 3 heterocycles. The first-order valence-corrected chi connectivity index (χ1v) is 7.40. The molecule has 0 unspecified atom stereocenters. The van der Waals surface area contributed by atoms with Crippen LogP contribution in [0.3, 0.4) is 0 Å². The van der Waals surface area contributed by atoms with Gasteiger partial charge < -0.3 is 15.1 Å². The molecule has 98 valence electrons. The molecule has 0 radical (unpaired) electrons. The van der Waals surface area contributed by atoms with Crippen LogP contribution in [0.1, 0.15) is 45.6 Å². The van der Waals surface area contributed by atoms with E-state index in [0.29, 0.717) is 0 Å². The van der Waals surface area contributed by atoms with Gasteiger partial charge in [0.05, 0.1) is 11.8 Å². The largest absolute Gasteiger partial charge is 0.465 e. The van der Waals surface area contributed by atoms with Crippen molar-refractivity contribution in [2.45, 2.75) is 31.8 Å². The van der Waals surface area contributed by atoms with E-state index in [4.69, 9.17) is 4.42 Å². The van der Waals surface area contributed by atoms with Crippen molar-refractivity contribution in [2.75, 3.05) is 5.32 Å². The van der Waals surface area contributed by atoms with Gasteiger partial charge in [-0.3, -0.25) is 4.79 Å². The maximum atomic E-state index is 12.3. The van der Waals surface area contributed by atoms with Crippen LogP contribution in [0, 0.1) is 0 Å². The summed E-state index contributed by atoms with van der Waals surface area (Å²) in [5.41, 5.74) is 2.12. The van der Waals surface area contributed by atoms with Gasteiger partial charge in [-0.1, -0.05) is 0 Å². The first-order valence-electron chi connectivity index (χ1n) is 6.58. The Morgan fingerprint density at radius 1 is 1.26 bits per heavy atom. The Kier molecular flexibility index (Phi) is 2.41. The third kappa shape index (κ3) is 1.69. The molecule has 4 rings (SSSR count). The highest BCUT2D eigenvalue weighted by Crippen LogP contribution is 2.41. The Bertz CT molecular complexity index is 630. The Morgan fingerprint density at radius 3 is 3.00 bits per heavy atom. The van der Waals surface area contributed by atoms with Crippen LogP contribution in [-0.4, -0.2) is 5.91 Å². The molecule has 1 atom stereocenters. The average Bonchev–Trinajstić information content (AvgIpc) is 3.05. The monoisotopic (exact) mass is 274 g/mol. The van der Waals surface area contributed by atoms with Gasteiger partial charge in [-0.25, -0.2) is 0 Å². The lowest BCUT2D eigenvalue weighted by Crippen LogP contribution is -2.38. The smallest absolute Gasteiger partial charge is 0.256 e. The fraction of sp³-hybridized carbons (Fsp3) is 0.357. The summed E-state index contributed by atoms with van der Waals surface area (Å²) in [5, 5.41) is 7.35. The van der Waals surface area contributed by atoms with E-state index in [0.717, 1.165) is 29.2 Å². The summed E-state index contributed by atoms with van der Waals surface area (Å²) < 4.78 is 5.37. The van der Waals surface area contributed by atoms with Crippen molar-refractivity contribution in [2.24, 2.45) is 0 Å². The van der Waals surface area contributed by atoms with E-state index in [-0.39, 0.29) is 12.1 Å². The number of aryl methyl sites for hydroxylation is 1. The Morgan fingerprint density at radius 2 is 2.16 bits per heavy atom. The Labute approximate surface area is 114 Å². The van der Waals surface area contributed by atoms with Gasteiger partial charge in [0.15, 0.2) is 6.17 Å². The highest BCUT2D eigenvalue weighted by atomic mass is 32.1. The van der Waals surface area contributed by atoms with Gasteiger partial charge in [0, 0.05) is 4.88 Å². The van der Waals surface area contributed by atoms with Crippen LogP contribution in [0.5, 0.6) is 0 Å². The lowest BCUT2D eigenvalue weighted by atomic mass is 9.94. The molecule has 2 aromatic heterocycles. The van der Waals surface area contributed by atoms with Crippen LogP contribution in [-0.2, 0) is 12.8 Å². The van der Waals surface area contributed by atoms with Crippen LogP contribution >= 0.6 is 11.3 Å². The topological polar surface area (TPSA) is 54.3 Å². The molecule has 0 fully saturated rings. The molecule has 4 nitrogen and oxygen atoms in total. The number of anilines is 1. The molecule has 0 aromatic carbocycles. The van der Waals surface area contributed by atoms with Crippen molar-refractivity contribution in [1.82, 2.24) is 5.32 Å². The molecule has 0 saturated carbocycles. The summed E-state index contributed by atoms with van der Waals surface area (Å²) in [7, 11) is 0. The molecule has 1 aliphatic carbocycles. The predicted molar refractivity (Wildman–Crippen MR) is 73.5 cm³/mol. The second-order valence-electron chi connectivity index (χ2n) is 4.98. The summed E-state index contributed by atoms with van der Waals surface area (Å²) in [6.45, 7) is 0. The lowest BCUT2D eigenvalue weighted by Gasteiger charge is -2.24. The first-order chi connectivity index (χ1) is 9.33. The number of carbonyl (C=O) groups excluding carboxylic acids is 1. The van der Waals surface area contributed by atoms with Crippen molar-refractivity contribution in [1.29, 1.82) is 0 Å². The lowest BCUT2D eigenvalue weighted by molar-refractivity contribution is 0.0930. The van der Waals surface area contributed by atoms with Crippen LogP contribution in [0.15, 0.2) is 22.8 Å². The Hall–Kier alpha value is -1.75. The molecule has 0 bridgehead atoms. The SMILES string of the molecule is O=C1N[C@H](c2ccco2)Nc2sc3c(c21)CCCC3. The van der Waals surface area contributed by atoms with E-state index < -0.39 is 0 Å². The number of thiophene rings is 1. The quantitative estimate of drug-likeness (QED) is 0.840. The molecule has 2 N–H and O–H groups in total. The van der Waals surface area contributed by atoms with Crippen molar-refractivity contribution < 1.29 is 9.21 Å². The normalized spacial score (nSPS) is 21.3. The number of fused-ring (bicyclic) bond motifs is 3. The van der Waals surface area contributed by atoms with Gasteiger partial charge in [-0.15, -0.1) is 11.3 Å². The number of nitrogens with one attached hydrogen (secondary N) is 2. The fourth-order valence-electron chi connectivity index (χ4n) is 2.88. The van der Waals surface area contributed by atoms with E-state index in [2.05, 4.69) is 10.6 Å². The number of amides is 1. The maximum Gasteiger partial charge on any atom is 0.256 e. The van der Waals surface area contributed by atoms with Crippen molar-refractivity contribution in [3.8, 4) is 0 Å². The first kappa shape index (κ1) is 11.1. The highest BCUT2D eigenvalue weighted by Gasteiger charge is 2.32. The molecular formula is C14H14N2O2S. The zero-order valence-corrected chi connectivity index (χ0v) is 11.2. The number of hydrogen-bond acceptors (Lipinski definition) is 4. The van der Waals surface area contributed by atoms with Crippen molar-refractivity contribution in [3.05, 3.63) is 40.2 Å². The summed E-state index contributed by atoms with van der Waals surface area (Å²) in [4.78, 5) is 13.7. The van der Waals surface area contributed by atoms with Gasteiger partial charge >= 0.3 is 0 Å². The number of carbonyl (C=O) groups is 1. The molecule has 5 heteroatoms. The molecule has 2 aliphatic rings. The molecule has 0 saturated heterocycles. The van der Waals surface area contributed by atoms with Crippen LogP contribution in [0.2, 0.25) is 0 Å².